The van der Waals surface area contributed by atoms with Crippen molar-refractivity contribution in [2.75, 3.05) is 20.3 Å². The lowest BCUT2D eigenvalue weighted by Crippen LogP contribution is -2.06. The predicted octanol–water partition coefficient (Wildman–Crippen LogP) is 1.82. The number of nitroso groups, excluding NO2 is 1. The van der Waals surface area contributed by atoms with Crippen LogP contribution in [-0.2, 0) is 4.74 Å². The van der Waals surface area contributed by atoms with Crippen LogP contribution in [0.4, 0.5) is 0 Å². The second-order valence-corrected chi connectivity index (χ2v) is 2.37. The molecule has 0 N–H and O–H groups in total. The van der Waals surface area contributed by atoms with Gasteiger partial charge in [-0.25, -0.2) is 0 Å². The molecule has 0 rings (SSSR count). The summed E-state index contributed by atoms with van der Waals surface area (Å²) < 4.78 is 4.88. The summed E-state index contributed by atoms with van der Waals surface area (Å²) in [5, 5.41) is 2.85. The number of rotatable bonds is 6. The van der Waals surface area contributed by atoms with Gasteiger partial charge in [-0.3, -0.25) is 0 Å². The fourth-order valence-electron chi connectivity index (χ4n) is 0.814. The summed E-state index contributed by atoms with van der Waals surface area (Å²) in [7, 11) is 1.67. The molecule has 0 aliphatic rings. The smallest absolute Gasteiger partial charge is 0.0840 e. The van der Waals surface area contributed by atoms with Crippen LogP contribution in [0.15, 0.2) is 5.18 Å². The average molecular weight is 145 g/mol. The molecule has 0 aliphatic carbocycles. The van der Waals surface area contributed by atoms with Gasteiger partial charge in [0.2, 0.25) is 0 Å². The number of ether oxygens (including phenoxy) is 1. The zero-order chi connectivity index (χ0) is 7.82. The molecule has 0 radical (unpaired) electrons. The Labute approximate surface area is 61.7 Å². The van der Waals surface area contributed by atoms with Gasteiger partial charge in [0, 0.05) is 13.7 Å². The van der Waals surface area contributed by atoms with Gasteiger partial charge in [-0.05, 0) is 12.3 Å². The van der Waals surface area contributed by atoms with Crippen molar-refractivity contribution in [2.45, 2.75) is 19.8 Å². The molecule has 0 saturated carbocycles. The van der Waals surface area contributed by atoms with Crippen molar-refractivity contribution in [3.8, 4) is 0 Å². The molecule has 0 heterocycles. The molecule has 0 saturated heterocycles. The van der Waals surface area contributed by atoms with Gasteiger partial charge in [0.05, 0.1) is 6.54 Å². The van der Waals surface area contributed by atoms with Crippen molar-refractivity contribution >= 4 is 0 Å². The van der Waals surface area contributed by atoms with Crippen molar-refractivity contribution in [3.63, 3.8) is 0 Å². The summed E-state index contributed by atoms with van der Waals surface area (Å²) in [5.41, 5.74) is 0. The Morgan fingerprint density at radius 3 is 2.70 bits per heavy atom. The van der Waals surface area contributed by atoms with E-state index in [0.717, 1.165) is 19.4 Å². The van der Waals surface area contributed by atoms with E-state index in [1.54, 1.807) is 7.11 Å². The first-order valence-electron chi connectivity index (χ1n) is 3.63. The van der Waals surface area contributed by atoms with Crippen LogP contribution in [0.2, 0.25) is 0 Å². The van der Waals surface area contributed by atoms with Crippen LogP contribution < -0.4 is 0 Å². The molecule has 0 amide bonds. The van der Waals surface area contributed by atoms with E-state index in [1.165, 1.54) is 0 Å². The molecule has 0 spiro atoms. The lowest BCUT2D eigenvalue weighted by Gasteiger charge is -2.08. The number of hydrogen-bond donors (Lipinski definition) is 0. The van der Waals surface area contributed by atoms with E-state index in [-0.39, 0.29) is 0 Å². The van der Waals surface area contributed by atoms with Gasteiger partial charge in [0.15, 0.2) is 0 Å². The highest BCUT2D eigenvalue weighted by Gasteiger charge is 2.04. The van der Waals surface area contributed by atoms with E-state index >= 15 is 0 Å². The maximum absolute atomic E-state index is 9.85. The number of methoxy groups -OCH3 is 1. The van der Waals surface area contributed by atoms with Crippen molar-refractivity contribution in [1.29, 1.82) is 0 Å². The van der Waals surface area contributed by atoms with E-state index < -0.39 is 0 Å². The Bertz CT molecular complexity index is 85.7. The molecule has 0 aromatic rings. The normalized spacial score (nSPS) is 13.0. The van der Waals surface area contributed by atoms with Crippen LogP contribution in [0.5, 0.6) is 0 Å². The molecule has 0 fully saturated rings. The zero-order valence-electron chi connectivity index (χ0n) is 6.67. The van der Waals surface area contributed by atoms with Crippen molar-refractivity contribution in [2.24, 2.45) is 11.1 Å². The van der Waals surface area contributed by atoms with Gasteiger partial charge >= 0.3 is 0 Å². The van der Waals surface area contributed by atoms with Gasteiger partial charge in [-0.15, -0.1) is 0 Å². The SMILES string of the molecule is CCC(CCOC)CN=O. The van der Waals surface area contributed by atoms with Crippen molar-refractivity contribution in [3.05, 3.63) is 4.91 Å². The molecule has 60 valence electrons. The molecule has 1 atom stereocenters. The van der Waals surface area contributed by atoms with Gasteiger partial charge in [-0.2, -0.15) is 4.91 Å². The maximum Gasteiger partial charge on any atom is 0.0840 e. The molecular weight excluding hydrogens is 130 g/mol. The molecule has 0 bridgehead atoms. The molecule has 10 heavy (non-hydrogen) atoms. The van der Waals surface area contributed by atoms with Gasteiger partial charge in [0.25, 0.3) is 0 Å². The van der Waals surface area contributed by atoms with Gasteiger partial charge < -0.3 is 4.74 Å². The summed E-state index contributed by atoms with van der Waals surface area (Å²) in [6.45, 7) is 3.22. The zero-order valence-corrected chi connectivity index (χ0v) is 6.67. The third kappa shape index (κ3) is 4.44. The Hall–Kier alpha value is -0.440. The van der Waals surface area contributed by atoms with Gasteiger partial charge in [-0.1, -0.05) is 18.5 Å². The Balaban J connectivity index is 3.29. The van der Waals surface area contributed by atoms with Crippen molar-refractivity contribution in [1.82, 2.24) is 0 Å². The summed E-state index contributed by atoms with van der Waals surface area (Å²) >= 11 is 0. The molecule has 1 unspecified atom stereocenters. The van der Waals surface area contributed by atoms with Crippen molar-refractivity contribution < 1.29 is 4.74 Å². The van der Waals surface area contributed by atoms with Crippen LogP contribution in [-0.4, -0.2) is 20.3 Å². The summed E-state index contributed by atoms with van der Waals surface area (Å²) in [6.07, 6.45) is 1.95. The first-order chi connectivity index (χ1) is 4.85. The summed E-state index contributed by atoms with van der Waals surface area (Å²) in [6, 6.07) is 0. The summed E-state index contributed by atoms with van der Waals surface area (Å²) in [4.78, 5) is 9.85. The Morgan fingerprint density at radius 2 is 2.30 bits per heavy atom. The molecule has 0 aromatic heterocycles. The first-order valence-corrected chi connectivity index (χ1v) is 3.63. The highest BCUT2D eigenvalue weighted by molar-refractivity contribution is 4.58. The fraction of sp³-hybridized carbons (Fsp3) is 1.00. The van der Waals surface area contributed by atoms with Crippen LogP contribution in [0, 0.1) is 10.8 Å². The average Bonchev–Trinajstić information content (AvgIpc) is 1.98. The number of hydrogen-bond acceptors (Lipinski definition) is 3. The van der Waals surface area contributed by atoms with Crippen LogP contribution in [0.3, 0.4) is 0 Å². The molecular formula is C7H15NO2. The van der Waals surface area contributed by atoms with E-state index in [1.807, 2.05) is 0 Å². The third-order valence-electron chi connectivity index (χ3n) is 1.64. The maximum atomic E-state index is 9.85. The van der Waals surface area contributed by atoms with E-state index in [2.05, 4.69) is 12.1 Å². The number of nitrogens with zero attached hydrogens (tertiary/aromatic N) is 1. The molecule has 3 heteroatoms. The van der Waals surface area contributed by atoms with Gasteiger partial charge in [0.1, 0.15) is 0 Å². The lowest BCUT2D eigenvalue weighted by molar-refractivity contribution is 0.177. The molecule has 0 aliphatic heterocycles. The highest BCUT2D eigenvalue weighted by Crippen LogP contribution is 2.07. The Kier molecular flexibility index (Phi) is 6.38. The fourth-order valence-corrected chi connectivity index (χ4v) is 0.814. The van der Waals surface area contributed by atoms with E-state index in [9.17, 15) is 4.91 Å². The van der Waals surface area contributed by atoms with Crippen LogP contribution >= 0.6 is 0 Å². The highest BCUT2D eigenvalue weighted by atomic mass is 16.5. The summed E-state index contributed by atoms with van der Waals surface area (Å²) in [5.74, 6) is 0.414. The van der Waals surface area contributed by atoms with E-state index in [0.29, 0.717) is 12.5 Å². The monoisotopic (exact) mass is 145 g/mol. The Morgan fingerprint density at radius 1 is 1.60 bits per heavy atom. The topological polar surface area (TPSA) is 38.7 Å². The van der Waals surface area contributed by atoms with Crippen LogP contribution in [0.1, 0.15) is 19.8 Å². The minimum atomic E-state index is 0.414. The largest absolute Gasteiger partial charge is 0.385 e. The third-order valence-corrected chi connectivity index (χ3v) is 1.64. The van der Waals surface area contributed by atoms with E-state index in [4.69, 9.17) is 4.74 Å². The standard InChI is InChI=1S/C7H15NO2/c1-3-7(6-8-9)4-5-10-2/h7H,3-6H2,1-2H3. The molecule has 0 aromatic carbocycles. The minimum Gasteiger partial charge on any atom is -0.385 e. The quantitative estimate of drug-likeness (QED) is 0.535. The predicted molar refractivity (Wildman–Crippen MR) is 40.9 cm³/mol. The minimum absolute atomic E-state index is 0.414. The second-order valence-electron chi connectivity index (χ2n) is 2.37. The lowest BCUT2D eigenvalue weighted by atomic mass is 10.0. The second kappa shape index (κ2) is 6.68. The van der Waals surface area contributed by atoms with Crippen LogP contribution in [0.25, 0.3) is 0 Å². The first kappa shape index (κ1) is 9.56. The molecule has 3 nitrogen and oxygen atoms in total.